The highest BCUT2D eigenvalue weighted by Crippen LogP contribution is 2.39. The molecule has 1 fully saturated rings. The van der Waals surface area contributed by atoms with E-state index in [0.717, 1.165) is 22.4 Å². The second-order valence-electron chi connectivity index (χ2n) is 11.5. The van der Waals surface area contributed by atoms with Gasteiger partial charge in [-0.15, -0.1) is 22.0 Å². The second kappa shape index (κ2) is 14.7. The minimum Gasteiger partial charge on any atom is -0.448 e. The summed E-state index contributed by atoms with van der Waals surface area (Å²) >= 11 is 15.4. The standard InChI is InChI=1S/C37H29Cl2N5O4S2/c1-22-10-8-9-15-28(22)43-33(26-17-16-25(38)20-27(26)39)41-42-37(43)50-21-30(45)40-31-34(46)44-29(18-19-49-35(31)44)36(47)48-32(23-11-4-2-5-12-23)24-13-6-3-7-14-24/h2-18,20,31-32,35H,19,21H2,1H3,(H,40,45)/t31-,35-/m1/s1. The highest BCUT2D eigenvalue weighted by Gasteiger charge is 2.53. The third-order valence-electron chi connectivity index (χ3n) is 8.30. The highest BCUT2D eigenvalue weighted by atomic mass is 35.5. The monoisotopic (exact) mass is 741 g/mol. The van der Waals surface area contributed by atoms with Gasteiger partial charge in [0.05, 0.1) is 16.5 Å². The van der Waals surface area contributed by atoms with Crippen molar-refractivity contribution in [2.24, 2.45) is 0 Å². The molecule has 0 spiro atoms. The van der Waals surface area contributed by atoms with E-state index in [9.17, 15) is 14.4 Å². The third kappa shape index (κ3) is 6.78. The number of para-hydroxylation sites is 1. The number of hydrogen-bond donors (Lipinski definition) is 1. The van der Waals surface area contributed by atoms with Gasteiger partial charge in [0, 0.05) is 16.3 Å². The summed E-state index contributed by atoms with van der Waals surface area (Å²) < 4.78 is 7.90. The Bertz CT molecular complexity index is 2070. The van der Waals surface area contributed by atoms with Gasteiger partial charge in [-0.25, -0.2) is 4.79 Å². The van der Waals surface area contributed by atoms with E-state index in [2.05, 4.69) is 15.5 Å². The Hall–Kier alpha value is -4.55. The SMILES string of the molecule is Cc1ccccc1-n1c(SCC(=O)N[C@@H]2C(=O)N3C(C(=O)OC(c4ccccc4)c4ccccc4)=CCS[C@H]23)nnc1-c1ccc(Cl)cc1Cl. The third-order valence-corrected chi connectivity index (χ3v) is 11.0. The first kappa shape index (κ1) is 33.9. The smallest absolute Gasteiger partial charge is 0.355 e. The number of amides is 2. The molecule has 0 saturated carbocycles. The van der Waals surface area contributed by atoms with E-state index in [1.807, 2.05) is 96.4 Å². The lowest BCUT2D eigenvalue weighted by Gasteiger charge is -2.48. The van der Waals surface area contributed by atoms with Gasteiger partial charge in [0.1, 0.15) is 17.1 Å². The number of ether oxygens (including phenoxy) is 1. The molecule has 2 aliphatic rings. The summed E-state index contributed by atoms with van der Waals surface area (Å²) in [5.74, 6) is -0.376. The average Bonchev–Trinajstić information content (AvgIpc) is 3.55. The summed E-state index contributed by atoms with van der Waals surface area (Å²) in [6, 6.07) is 31.0. The molecule has 0 radical (unpaired) electrons. The summed E-state index contributed by atoms with van der Waals surface area (Å²) in [7, 11) is 0. The maximum Gasteiger partial charge on any atom is 0.355 e. The number of halogens is 2. The lowest BCUT2D eigenvalue weighted by Crippen LogP contribution is -2.70. The highest BCUT2D eigenvalue weighted by molar-refractivity contribution is 8.00. The van der Waals surface area contributed by atoms with Crippen molar-refractivity contribution in [2.75, 3.05) is 11.5 Å². The molecule has 0 unspecified atom stereocenters. The molecule has 3 heterocycles. The quantitative estimate of drug-likeness (QED) is 0.0907. The first-order valence-electron chi connectivity index (χ1n) is 15.6. The Morgan fingerprint density at radius 1 is 0.960 bits per heavy atom. The minimum absolute atomic E-state index is 0.0277. The van der Waals surface area contributed by atoms with Gasteiger partial charge in [0.15, 0.2) is 17.1 Å². The first-order valence-corrected chi connectivity index (χ1v) is 18.4. The molecule has 1 N–H and O–H groups in total. The lowest BCUT2D eigenvalue weighted by molar-refractivity contribution is -0.154. The summed E-state index contributed by atoms with van der Waals surface area (Å²) in [4.78, 5) is 41.7. The molecule has 7 rings (SSSR count). The molecular weight excluding hydrogens is 713 g/mol. The van der Waals surface area contributed by atoms with Gasteiger partial charge in [-0.3, -0.25) is 19.1 Å². The number of carbonyl (C=O) groups is 3. The number of benzene rings is 4. The van der Waals surface area contributed by atoms with Gasteiger partial charge < -0.3 is 10.1 Å². The molecule has 0 aliphatic carbocycles. The Morgan fingerprint density at radius 2 is 1.64 bits per heavy atom. The number of rotatable bonds is 10. The van der Waals surface area contributed by atoms with Gasteiger partial charge >= 0.3 is 5.97 Å². The van der Waals surface area contributed by atoms with Crippen LogP contribution in [0.25, 0.3) is 17.1 Å². The van der Waals surface area contributed by atoms with E-state index in [-0.39, 0.29) is 23.3 Å². The summed E-state index contributed by atoms with van der Waals surface area (Å²) in [6.45, 7) is 1.97. The van der Waals surface area contributed by atoms with Crippen molar-refractivity contribution in [1.29, 1.82) is 0 Å². The molecule has 4 aromatic carbocycles. The zero-order valence-corrected chi connectivity index (χ0v) is 29.7. The second-order valence-corrected chi connectivity index (χ2v) is 14.5. The van der Waals surface area contributed by atoms with Gasteiger partial charge in [-0.05, 0) is 54.0 Å². The van der Waals surface area contributed by atoms with Crippen molar-refractivity contribution >= 4 is 64.5 Å². The molecule has 0 bridgehead atoms. The number of β-lactam (4-membered cyclic amide) rings is 1. The molecule has 13 heteroatoms. The molecule has 2 aliphatic heterocycles. The van der Waals surface area contributed by atoms with Gasteiger partial charge in [0.25, 0.3) is 5.91 Å². The van der Waals surface area contributed by atoms with Crippen LogP contribution in [-0.4, -0.2) is 60.4 Å². The molecule has 5 aromatic rings. The zero-order valence-electron chi connectivity index (χ0n) is 26.5. The number of carbonyl (C=O) groups excluding carboxylic acids is 3. The van der Waals surface area contributed by atoms with Gasteiger partial charge in [-0.1, -0.05) is 114 Å². The Morgan fingerprint density at radius 3 is 2.32 bits per heavy atom. The van der Waals surface area contributed by atoms with E-state index >= 15 is 0 Å². The van der Waals surface area contributed by atoms with Crippen molar-refractivity contribution in [3.63, 3.8) is 0 Å². The molecule has 50 heavy (non-hydrogen) atoms. The van der Waals surface area contributed by atoms with Crippen LogP contribution < -0.4 is 5.32 Å². The number of thioether (sulfide) groups is 2. The number of hydrogen-bond acceptors (Lipinski definition) is 8. The van der Waals surface area contributed by atoms with Crippen LogP contribution >= 0.6 is 46.7 Å². The van der Waals surface area contributed by atoms with E-state index in [4.69, 9.17) is 27.9 Å². The van der Waals surface area contributed by atoms with Gasteiger partial charge in [-0.2, -0.15) is 0 Å². The fourth-order valence-corrected chi connectivity index (χ4v) is 8.31. The number of esters is 1. The fraction of sp³-hybridized carbons (Fsp3) is 0.162. The first-order chi connectivity index (χ1) is 24.3. The van der Waals surface area contributed by atoms with Crippen LogP contribution in [0, 0.1) is 6.92 Å². The van der Waals surface area contributed by atoms with E-state index in [1.165, 1.54) is 28.4 Å². The van der Waals surface area contributed by atoms with Crippen molar-refractivity contribution in [1.82, 2.24) is 25.0 Å². The van der Waals surface area contributed by atoms with E-state index in [0.29, 0.717) is 32.3 Å². The minimum atomic E-state index is -0.790. The zero-order chi connectivity index (χ0) is 34.8. The van der Waals surface area contributed by atoms with Crippen LogP contribution in [0.1, 0.15) is 22.8 Å². The molecule has 9 nitrogen and oxygen atoms in total. The average molecular weight is 743 g/mol. The number of nitrogens with one attached hydrogen (secondary N) is 1. The largest absolute Gasteiger partial charge is 0.448 e. The van der Waals surface area contributed by atoms with Crippen molar-refractivity contribution in [3.05, 3.63) is 142 Å². The van der Waals surface area contributed by atoms with Crippen LogP contribution in [0.15, 0.2) is 120 Å². The summed E-state index contributed by atoms with van der Waals surface area (Å²) in [5, 5.41) is 12.6. The topological polar surface area (TPSA) is 106 Å². The Labute approximate surface area is 307 Å². The number of fused-ring (bicyclic) bond motifs is 1. The van der Waals surface area contributed by atoms with E-state index < -0.39 is 23.5 Å². The molecule has 252 valence electrons. The Balaban J connectivity index is 1.04. The van der Waals surface area contributed by atoms with Crippen molar-refractivity contribution in [2.45, 2.75) is 29.6 Å². The maximum absolute atomic E-state index is 13.6. The van der Waals surface area contributed by atoms with Crippen molar-refractivity contribution in [3.8, 4) is 17.1 Å². The number of nitrogens with zero attached hydrogens (tertiary/aromatic N) is 4. The molecule has 1 saturated heterocycles. The molecule has 2 amide bonds. The molecule has 1 aromatic heterocycles. The lowest BCUT2D eigenvalue weighted by atomic mass is 10.0. The maximum atomic E-state index is 13.6. The fourth-order valence-electron chi connectivity index (χ4n) is 5.87. The molecule has 2 atom stereocenters. The Kier molecular flexibility index (Phi) is 10.0. The predicted molar refractivity (Wildman–Crippen MR) is 196 cm³/mol. The normalized spacial score (nSPS) is 16.8. The van der Waals surface area contributed by atoms with Crippen LogP contribution in [0.4, 0.5) is 0 Å². The molecular formula is C37H29Cl2N5O4S2. The predicted octanol–water partition coefficient (Wildman–Crippen LogP) is 7.26. The van der Waals surface area contributed by atoms with Crippen LogP contribution in [0.5, 0.6) is 0 Å². The van der Waals surface area contributed by atoms with Gasteiger partial charge in [0.2, 0.25) is 5.91 Å². The van der Waals surface area contributed by atoms with Crippen molar-refractivity contribution < 1.29 is 19.1 Å². The summed E-state index contributed by atoms with van der Waals surface area (Å²) in [5.41, 5.74) is 4.25. The van der Waals surface area contributed by atoms with Crippen LogP contribution in [0.3, 0.4) is 0 Å². The number of aryl methyl sites for hydroxylation is 1. The van der Waals surface area contributed by atoms with Crippen LogP contribution in [0.2, 0.25) is 10.0 Å². The van der Waals surface area contributed by atoms with Crippen LogP contribution in [-0.2, 0) is 19.1 Å². The van der Waals surface area contributed by atoms with E-state index in [1.54, 1.807) is 24.3 Å². The summed E-state index contributed by atoms with van der Waals surface area (Å²) in [6.07, 6.45) is 1.05. The number of aromatic nitrogens is 3.